The second-order valence-corrected chi connectivity index (χ2v) is 8.50. The maximum absolute atomic E-state index is 12.5. The summed E-state index contributed by atoms with van der Waals surface area (Å²) in [5.74, 6) is 0.00108. The van der Waals surface area contributed by atoms with Gasteiger partial charge in [-0.05, 0) is 73.5 Å². The molecule has 0 atom stereocenters. The number of halogens is 1. The third-order valence-corrected chi connectivity index (χ3v) is 6.04. The van der Waals surface area contributed by atoms with E-state index < -0.39 is 0 Å². The fourth-order valence-corrected chi connectivity index (χ4v) is 4.17. The van der Waals surface area contributed by atoms with E-state index in [-0.39, 0.29) is 5.78 Å². The number of hydrogen-bond acceptors (Lipinski definition) is 3. The zero-order valence-electron chi connectivity index (χ0n) is 18.0. The molecule has 4 heteroatoms. The van der Waals surface area contributed by atoms with Crippen molar-refractivity contribution in [2.24, 2.45) is 0 Å². The average Bonchev–Trinajstić information content (AvgIpc) is 2.79. The number of ketones is 1. The fraction of sp³-hybridized carbons (Fsp3) is 0.222. The molecule has 0 spiro atoms. The molecule has 3 aromatic rings. The molecule has 1 aliphatic rings. The molecule has 3 aromatic carbocycles. The average molecular weight is 431 g/mol. The van der Waals surface area contributed by atoms with Gasteiger partial charge in [-0.3, -0.25) is 4.79 Å². The highest BCUT2D eigenvalue weighted by Crippen LogP contribution is 2.24. The minimum atomic E-state index is 0.00108. The monoisotopic (exact) mass is 430 g/mol. The van der Waals surface area contributed by atoms with Gasteiger partial charge in [-0.15, -0.1) is 0 Å². The Labute approximate surface area is 189 Å². The molecular weight excluding hydrogens is 404 g/mol. The van der Waals surface area contributed by atoms with Crippen LogP contribution in [0, 0.1) is 13.8 Å². The third kappa shape index (κ3) is 5.18. The lowest BCUT2D eigenvalue weighted by Gasteiger charge is -2.38. The molecule has 0 unspecified atom stereocenters. The van der Waals surface area contributed by atoms with E-state index in [0.29, 0.717) is 10.6 Å². The van der Waals surface area contributed by atoms with E-state index in [9.17, 15) is 4.79 Å². The predicted molar refractivity (Wildman–Crippen MR) is 132 cm³/mol. The summed E-state index contributed by atoms with van der Waals surface area (Å²) in [6.07, 6.45) is 3.43. The van der Waals surface area contributed by atoms with Crippen LogP contribution in [0.25, 0.3) is 6.08 Å². The standard InChI is InChI=1S/C27H27ClN2O/c1-20-3-13-26(21(2)19-20)30-17-15-29(16-18-30)25-11-7-23(8-12-25)27(31)14-6-22-4-9-24(28)10-5-22/h3-14,19H,15-18H2,1-2H3/b14-6+. The molecular formula is C27H27ClN2O. The normalized spacial score (nSPS) is 14.3. The summed E-state index contributed by atoms with van der Waals surface area (Å²) in [7, 11) is 0. The van der Waals surface area contributed by atoms with Crippen molar-refractivity contribution in [2.75, 3.05) is 36.0 Å². The Kier molecular flexibility index (Phi) is 6.43. The van der Waals surface area contributed by atoms with Gasteiger partial charge in [0.15, 0.2) is 5.78 Å². The van der Waals surface area contributed by atoms with Crippen molar-refractivity contribution >= 4 is 34.8 Å². The van der Waals surface area contributed by atoms with Crippen LogP contribution in [0.3, 0.4) is 0 Å². The molecule has 1 aliphatic heterocycles. The zero-order chi connectivity index (χ0) is 21.8. The Bertz CT molecular complexity index is 1080. The number of carbonyl (C=O) groups is 1. The molecule has 1 fully saturated rings. The van der Waals surface area contributed by atoms with Crippen LogP contribution in [0.15, 0.2) is 72.8 Å². The Morgan fingerprint density at radius 2 is 1.48 bits per heavy atom. The van der Waals surface area contributed by atoms with Crippen LogP contribution < -0.4 is 9.80 Å². The van der Waals surface area contributed by atoms with Crippen LogP contribution in [-0.2, 0) is 0 Å². The van der Waals surface area contributed by atoms with Crippen molar-refractivity contribution in [1.82, 2.24) is 0 Å². The van der Waals surface area contributed by atoms with E-state index in [2.05, 4.69) is 54.0 Å². The molecule has 0 aromatic heterocycles. The molecule has 31 heavy (non-hydrogen) atoms. The molecule has 1 saturated heterocycles. The van der Waals surface area contributed by atoms with Crippen LogP contribution in [0.5, 0.6) is 0 Å². The molecule has 0 amide bonds. The second-order valence-electron chi connectivity index (χ2n) is 8.06. The SMILES string of the molecule is Cc1ccc(N2CCN(c3ccc(C(=O)/C=C/c4ccc(Cl)cc4)cc3)CC2)c(C)c1. The van der Waals surface area contributed by atoms with E-state index in [1.807, 2.05) is 42.5 Å². The molecule has 1 heterocycles. The highest BCUT2D eigenvalue weighted by Gasteiger charge is 2.19. The molecule has 3 nitrogen and oxygen atoms in total. The van der Waals surface area contributed by atoms with E-state index in [1.54, 1.807) is 6.08 Å². The fourth-order valence-electron chi connectivity index (χ4n) is 4.04. The number of anilines is 2. The quantitative estimate of drug-likeness (QED) is 0.356. The zero-order valence-corrected chi connectivity index (χ0v) is 18.8. The highest BCUT2D eigenvalue weighted by molar-refractivity contribution is 6.30. The number of aryl methyl sites for hydroxylation is 2. The summed E-state index contributed by atoms with van der Waals surface area (Å²) in [6.45, 7) is 8.25. The lowest BCUT2D eigenvalue weighted by molar-refractivity contribution is 0.104. The number of rotatable bonds is 5. The highest BCUT2D eigenvalue weighted by atomic mass is 35.5. The van der Waals surface area contributed by atoms with Crippen molar-refractivity contribution < 1.29 is 4.79 Å². The van der Waals surface area contributed by atoms with Gasteiger partial charge in [0.1, 0.15) is 0 Å². The van der Waals surface area contributed by atoms with Crippen LogP contribution in [0.2, 0.25) is 5.02 Å². The van der Waals surface area contributed by atoms with Gasteiger partial charge in [0, 0.05) is 48.1 Å². The minimum absolute atomic E-state index is 0.00108. The summed E-state index contributed by atoms with van der Waals surface area (Å²) in [5.41, 5.74) is 6.79. The number of nitrogens with zero attached hydrogens (tertiary/aromatic N) is 2. The molecule has 0 saturated carbocycles. The number of benzene rings is 3. The van der Waals surface area contributed by atoms with Gasteiger partial charge in [0.25, 0.3) is 0 Å². The second kappa shape index (κ2) is 9.40. The molecule has 158 valence electrons. The lowest BCUT2D eigenvalue weighted by Crippen LogP contribution is -2.46. The maximum atomic E-state index is 12.5. The Hall–Kier alpha value is -3.04. The summed E-state index contributed by atoms with van der Waals surface area (Å²) >= 11 is 5.90. The van der Waals surface area contributed by atoms with Gasteiger partial charge in [0.2, 0.25) is 0 Å². The van der Waals surface area contributed by atoms with Crippen molar-refractivity contribution in [2.45, 2.75) is 13.8 Å². The van der Waals surface area contributed by atoms with Gasteiger partial charge in [0.05, 0.1) is 0 Å². The molecule has 0 radical (unpaired) electrons. The van der Waals surface area contributed by atoms with Crippen LogP contribution in [0.1, 0.15) is 27.0 Å². The maximum Gasteiger partial charge on any atom is 0.185 e. The topological polar surface area (TPSA) is 23.6 Å². The number of allylic oxidation sites excluding steroid dienone is 1. The predicted octanol–water partition coefficient (Wildman–Crippen LogP) is 6.18. The lowest BCUT2D eigenvalue weighted by atomic mass is 10.1. The van der Waals surface area contributed by atoms with Crippen LogP contribution in [0.4, 0.5) is 11.4 Å². The van der Waals surface area contributed by atoms with Crippen molar-refractivity contribution in [3.05, 3.63) is 100 Å². The minimum Gasteiger partial charge on any atom is -0.368 e. The summed E-state index contributed by atoms with van der Waals surface area (Å²) in [4.78, 5) is 17.3. The first-order chi connectivity index (χ1) is 15.0. The van der Waals surface area contributed by atoms with E-state index in [1.165, 1.54) is 22.5 Å². The number of hydrogen-bond donors (Lipinski definition) is 0. The van der Waals surface area contributed by atoms with E-state index >= 15 is 0 Å². The molecule has 0 aliphatic carbocycles. The number of carbonyl (C=O) groups excluding carboxylic acids is 1. The third-order valence-electron chi connectivity index (χ3n) is 5.79. The first-order valence-electron chi connectivity index (χ1n) is 10.6. The van der Waals surface area contributed by atoms with Gasteiger partial charge >= 0.3 is 0 Å². The Morgan fingerprint density at radius 1 is 0.839 bits per heavy atom. The van der Waals surface area contributed by atoms with E-state index in [0.717, 1.165) is 31.7 Å². The Morgan fingerprint density at radius 3 is 2.13 bits per heavy atom. The van der Waals surface area contributed by atoms with E-state index in [4.69, 9.17) is 11.6 Å². The first kappa shape index (κ1) is 21.2. The van der Waals surface area contributed by atoms with Crippen molar-refractivity contribution in [3.8, 4) is 0 Å². The molecule has 0 bridgehead atoms. The summed E-state index contributed by atoms with van der Waals surface area (Å²) < 4.78 is 0. The van der Waals surface area contributed by atoms with Gasteiger partial charge in [-0.25, -0.2) is 0 Å². The first-order valence-corrected chi connectivity index (χ1v) is 11.0. The number of piperazine rings is 1. The summed E-state index contributed by atoms with van der Waals surface area (Å²) in [6, 6.07) is 22.0. The molecule has 4 rings (SSSR count). The van der Waals surface area contributed by atoms with Crippen molar-refractivity contribution in [1.29, 1.82) is 0 Å². The summed E-state index contributed by atoms with van der Waals surface area (Å²) in [5, 5.41) is 0.689. The smallest absolute Gasteiger partial charge is 0.185 e. The Balaban J connectivity index is 1.36. The van der Waals surface area contributed by atoms with Crippen molar-refractivity contribution in [3.63, 3.8) is 0 Å². The van der Waals surface area contributed by atoms with Gasteiger partial charge in [-0.1, -0.05) is 47.5 Å². The van der Waals surface area contributed by atoms with Gasteiger partial charge in [-0.2, -0.15) is 0 Å². The van der Waals surface area contributed by atoms with Crippen LogP contribution in [-0.4, -0.2) is 32.0 Å². The largest absolute Gasteiger partial charge is 0.368 e. The van der Waals surface area contributed by atoms with Gasteiger partial charge < -0.3 is 9.80 Å². The van der Waals surface area contributed by atoms with Crippen LogP contribution >= 0.6 is 11.6 Å². The molecule has 0 N–H and O–H groups in total.